The Hall–Kier alpha value is -1.47. The van der Waals surface area contributed by atoms with Crippen molar-refractivity contribution in [1.82, 2.24) is 9.80 Å². The lowest BCUT2D eigenvalue weighted by Crippen LogP contribution is -2.57. The van der Waals surface area contributed by atoms with Crippen LogP contribution in [0.2, 0.25) is 0 Å². The van der Waals surface area contributed by atoms with Gasteiger partial charge in [-0.1, -0.05) is 13.3 Å². The molecular weight excluding hydrogens is 277 g/mol. The first-order valence-corrected chi connectivity index (χ1v) is 6.56. The van der Waals surface area contributed by atoms with Crippen molar-refractivity contribution in [2.45, 2.75) is 38.9 Å². The summed E-state index contributed by atoms with van der Waals surface area (Å²) in [5.41, 5.74) is 0. The van der Waals surface area contributed by atoms with E-state index in [2.05, 4.69) is 0 Å². The molecule has 0 radical (unpaired) electrons. The molecule has 1 atom stereocenters. The lowest BCUT2D eigenvalue weighted by atomic mass is 10.2. The highest BCUT2D eigenvalue weighted by Crippen LogP contribution is 2.21. The number of ether oxygens (including phenoxy) is 1. The maximum absolute atomic E-state index is 12.3. The minimum atomic E-state index is -4.87. The van der Waals surface area contributed by atoms with Crippen LogP contribution >= 0.6 is 0 Å². The summed E-state index contributed by atoms with van der Waals surface area (Å²) in [6, 6.07) is -0.496. The van der Waals surface area contributed by atoms with Gasteiger partial charge in [-0.25, -0.2) is 4.79 Å². The maximum Gasteiger partial charge on any atom is 0.471 e. The zero-order valence-electron chi connectivity index (χ0n) is 11.6. The fourth-order valence-electron chi connectivity index (χ4n) is 1.98. The Morgan fingerprint density at radius 1 is 1.30 bits per heavy atom. The SMILES string of the molecule is CCCCOC(=O)N1CCN(C(=O)C(F)(F)F)CC1C. The summed E-state index contributed by atoms with van der Waals surface area (Å²) >= 11 is 0. The zero-order chi connectivity index (χ0) is 15.3. The number of rotatable bonds is 3. The lowest BCUT2D eigenvalue weighted by molar-refractivity contribution is -0.187. The van der Waals surface area contributed by atoms with E-state index in [9.17, 15) is 22.8 Å². The van der Waals surface area contributed by atoms with E-state index in [-0.39, 0.29) is 19.6 Å². The van der Waals surface area contributed by atoms with Crippen LogP contribution in [0.15, 0.2) is 0 Å². The van der Waals surface area contributed by atoms with Crippen LogP contribution in [0.25, 0.3) is 0 Å². The molecule has 1 aliphatic rings. The number of unbranched alkanes of at least 4 members (excludes halogenated alkanes) is 1. The Kier molecular flexibility index (Phi) is 5.64. The highest BCUT2D eigenvalue weighted by Gasteiger charge is 2.44. The largest absolute Gasteiger partial charge is 0.471 e. The lowest BCUT2D eigenvalue weighted by Gasteiger charge is -2.39. The molecule has 0 N–H and O–H groups in total. The number of carbonyl (C=O) groups is 2. The van der Waals surface area contributed by atoms with Crippen LogP contribution in [0.3, 0.4) is 0 Å². The number of hydrogen-bond acceptors (Lipinski definition) is 3. The predicted molar refractivity (Wildman–Crippen MR) is 65.1 cm³/mol. The number of piperazine rings is 1. The Morgan fingerprint density at radius 3 is 2.45 bits per heavy atom. The fourth-order valence-corrected chi connectivity index (χ4v) is 1.98. The number of halogens is 3. The van der Waals surface area contributed by atoms with Crippen molar-refractivity contribution in [3.63, 3.8) is 0 Å². The summed E-state index contributed by atoms with van der Waals surface area (Å²) in [6.07, 6.45) is -3.78. The first-order chi connectivity index (χ1) is 9.27. The molecule has 1 fully saturated rings. The molecule has 0 aliphatic carbocycles. The third-order valence-electron chi connectivity index (χ3n) is 3.12. The summed E-state index contributed by atoms with van der Waals surface area (Å²) in [6.45, 7) is 3.62. The highest BCUT2D eigenvalue weighted by molar-refractivity contribution is 5.82. The van der Waals surface area contributed by atoms with E-state index in [1.54, 1.807) is 6.92 Å². The number of hydrogen-bond donors (Lipinski definition) is 0. The third-order valence-corrected chi connectivity index (χ3v) is 3.12. The van der Waals surface area contributed by atoms with Crippen molar-refractivity contribution < 1.29 is 27.5 Å². The van der Waals surface area contributed by atoms with Gasteiger partial charge in [-0.05, 0) is 13.3 Å². The van der Waals surface area contributed by atoms with E-state index in [1.165, 1.54) is 4.90 Å². The van der Waals surface area contributed by atoms with Gasteiger partial charge in [0.1, 0.15) is 0 Å². The second-order valence-corrected chi connectivity index (χ2v) is 4.76. The topological polar surface area (TPSA) is 49.9 Å². The van der Waals surface area contributed by atoms with Crippen LogP contribution in [0.1, 0.15) is 26.7 Å². The van der Waals surface area contributed by atoms with Gasteiger partial charge in [-0.15, -0.1) is 0 Å². The fraction of sp³-hybridized carbons (Fsp3) is 0.833. The van der Waals surface area contributed by atoms with E-state index in [0.29, 0.717) is 6.61 Å². The van der Waals surface area contributed by atoms with Crippen molar-refractivity contribution >= 4 is 12.0 Å². The minimum Gasteiger partial charge on any atom is -0.449 e. The molecule has 0 saturated carbocycles. The molecule has 20 heavy (non-hydrogen) atoms. The van der Waals surface area contributed by atoms with E-state index in [1.807, 2.05) is 6.92 Å². The van der Waals surface area contributed by atoms with Gasteiger partial charge in [-0.3, -0.25) is 4.79 Å². The van der Waals surface area contributed by atoms with Crippen LogP contribution in [0, 0.1) is 0 Å². The van der Waals surface area contributed by atoms with Crippen LogP contribution in [-0.4, -0.2) is 60.3 Å². The van der Waals surface area contributed by atoms with E-state index in [4.69, 9.17) is 4.74 Å². The third kappa shape index (κ3) is 4.28. The zero-order valence-corrected chi connectivity index (χ0v) is 11.6. The standard InChI is InChI=1S/C12H19F3N2O3/c1-3-4-7-20-11(19)17-6-5-16(8-9(17)2)10(18)12(13,14)15/h9H,3-8H2,1-2H3. The molecule has 116 valence electrons. The van der Waals surface area contributed by atoms with Gasteiger partial charge in [0.15, 0.2) is 0 Å². The van der Waals surface area contributed by atoms with Gasteiger partial charge in [-0.2, -0.15) is 13.2 Å². The average molecular weight is 296 g/mol. The molecule has 1 rings (SSSR count). The van der Waals surface area contributed by atoms with Gasteiger partial charge >= 0.3 is 18.2 Å². The van der Waals surface area contributed by atoms with Crippen molar-refractivity contribution in [1.29, 1.82) is 0 Å². The smallest absolute Gasteiger partial charge is 0.449 e. The van der Waals surface area contributed by atoms with Gasteiger partial charge in [0, 0.05) is 25.7 Å². The molecule has 0 aromatic rings. The minimum absolute atomic E-state index is 0.0495. The molecule has 1 saturated heterocycles. The first kappa shape index (κ1) is 16.6. The highest BCUT2D eigenvalue weighted by atomic mass is 19.4. The van der Waals surface area contributed by atoms with Gasteiger partial charge < -0.3 is 14.5 Å². The van der Waals surface area contributed by atoms with Crippen LogP contribution in [-0.2, 0) is 9.53 Å². The second-order valence-electron chi connectivity index (χ2n) is 4.76. The van der Waals surface area contributed by atoms with Crippen molar-refractivity contribution in [2.24, 2.45) is 0 Å². The molecule has 1 heterocycles. The van der Waals surface area contributed by atoms with Crippen molar-refractivity contribution in [3.8, 4) is 0 Å². The monoisotopic (exact) mass is 296 g/mol. The predicted octanol–water partition coefficient (Wildman–Crippen LogP) is 2.02. The van der Waals surface area contributed by atoms with Crippen molar-refractivity contribution in [3.05, 3.63) is 0 Å². The summed E-state index contributed by atoms with van der Waals surface area (Å²) < 4.78 is 42.0. The molecule has 0 spiro atoms. The molecule has 1 unspecified atom stereocenters. The number of carbonyl (C=O) groups excluding carboxylic acids is 2. The normalized spacial score (nSPS) is 19.9. The summed E-state index contributed by atoms with van der Waals surface area (Å²) in [7, 11) is 0. The number of amides is 2. The van der Waals surface area contributed by atoms with Crippen LogP contribution < -0.4 is 0 Å². The maximum atomic E-state index is 12.3. The molecule has 0 bridgehead atoms. The van der Waals surface area contributed by atoms with Crippen molar-refractivity contribution in [2.75, 3.05) is 26.2 Å². The Bertz CT molecular complexity index is 360. The Morgan fingerprint density at radius 2 is 1.95 bits per heavy atom. The summed E-state index contributed by atoms with van der Waals surface area (Å²) in [5.74, 6) is -1.86. The molecule has 0 aromatic heterocycles. The van der Waals surface area contributed by atoms with E-state index >= 15 is 0 Å². The Labute approximate surface area is 115 Å². The molecule has 8 heteroatoms. The van der Waals surface area contributed by atoms with E-state index < -0.39 is 24.2 Å². The average Bonchev–Trinajstić information content (AvgIpc) is 2.36. The molecule has 2 amide bonds. The molecule has 1 aliphatic heterocycles. The van der Waals surface area contributed by atoms with Gasteiger partial charge in [0.05, 0.1) is 6.61 Å². The molecule has 0 aromatic carbocycles. The molecular formula is C12H19F3N2O3. The summed E-state index contributed by atoms with van der Waals surface area (Å²) in [4.78, 5) is 24.9. The van der Waals surface area contributed by atoms with E-state index in [0.717, 1.165) is 17.7 Å². The van der Waals surface area contributed by atoms with Gasteiger partial charge in [0.25, 0.3) is 0 Å². The Balaban J connectivity index is 2.51. The summed E-state index contributed by atoms with van der Waals surface area (Å²) in [5, 5.41) is 0. The first-order valence-electron chi connectivity index (χ1n) is 6.56. The van der Waals surface area contributed by atoms with Crippen LogP contribution in [0.4, 0.5) is 18.0 Å². The second kappa shape index (κ2) is 6.81. The molecule has 5 nitrogen and oxygen atoms in total. The van der Waals surface area contributed by atoms with Gasteiger partial charge in [0.2, 0.25) is 0 Å². The van der Waals surface area contributed by atoms with Crippen LogP contribution in [0.5, 0.6) is 0 Å². The quantitative estimate of drug-likeness (QED) is 0.749. The number of nitrogens with zero attached hydrogens (tertiary/aromatic N) is 2. The number of alkyl halides is 3.